The summed E-state index contributed by atoms with van der Waals surface area (Å²) in [4.78, 5) is 2.78. The van der Waals surface area contributed by atoms with Gasteiger partial charge in [-0.1, -0.05) is 27.7 Å². The first kappa shape index (κ1) is 15.0. The zero-order valence-corrected chi connectivity index (χ0v) is 12.7. The second kappa shape index (κ2) is 6.19. The summed E-state index contributed by atoms with van der Waals surface area (Å²) in [5.74, 6) is 0.775. The fourth-order valence-corrected chi connectivity index (χ4v) is 3.40. The molecule has 0 aromatic carbocycles. The Morgan fingerprint density at radius 3 is 2.41 bits per heavy atom. The van der Waals surface area contributed by atoms with Crippen LogP contribution < -0.4 is 5.32 Å². The highest BCUT2D eigenvalue weighted by molar-refractivity contribution is 4.99. The zero-order valence-electron chi connectivity index (χ0n) is 12.7. The molecular formula is C15H32N2. The average molecular weight is 240 g/mol. The van der Waals surface area contributed by atoms with Crippen molar-refractivity contribution in [2.45, 2.75) is 78.4 Å². The van der Waals surface area contributed by atoms with E-state index in [1.165, 1.54) is 25.8 Å². The van der Waals surface area contributed by atoms with Crippen LogP contribution in [0.3, 0.4) is 0 Å². The van der Waals surface area contributed by atoms with E-state index in [9.17, 15) is 0 Å². The van der Waals surface area contributed by atoms with Gasteiger partial charge in [-0.05, 0) is 52.1 Å². The van der Waals surface area contributed by atoms with Crippen LogP contribution in [0.4, 0.5) is 0 Å². The molecule has 0 spiro atoms. The van der Waals surface area contributed by atoms with Gasteiger partial charge in [-0.3, -0.25) is 4.90 Å². The normalized spacial score (nSPS) is 27.4. The Morgan fingerprint density at radius 2 is 1.94 bits per heavy atom. The molecule has 1 aliphatic heterocycles. The molecule has 0 aromatic rings. The molecule has 0 aromatic heterocycles. The number of rotatable bonds is 6. The smallest absolute Gasteiger partial charge is 0.0332 e. The predicted molar refractivity (Wildman–Crippen MR) is 76.4 cm³/mol. The topological polar surface area (TPSA) is 15.3 Å². The second-order valence-corrected chi connectivity index (χ2v) is 6.14. The summed E-state index contributed by atoms with van der Waals surface area (Å²) in [6.45, 7) is 16.4. The van der Waals surface area contributed by atoms with Crippen molar-refractivity contribution in [3.05, 3.63) is 0 Å². The number of likely N-dealkylation sites (tertiary alicyclic amines) is 1. The number of likely N-dealkylation sites (N-methyl/N-ethyl adjacent to an activating group) is 1. The molecule has 2 heteroatoms. The van der Waals surface area contributed by atoms with Gasteiger partial charge in [0.1, 0.15) is 0 Å². The van der Waals surface area contributed by atoms with Gasteiger partial charge in [-0.25, -0.2) is 0 Å². The Kier molecular flexibility index (Phi) is 5.46. The first-order valence-corrected chi connectivity index (χ1v) is 7.47. The predicted octanol–water partition coefficient (Wildman–Crippen LogP) is 3.27. The fourth-order valence-electron chi connectivity index (χ4n) is 3.40. The van der Waals surface area contributed by atoms with Crippen LogP contribution in [0.2, 0.25) is 0 Å². The Balaban J connectivity index is 2.84. The first-order valence-electron chi connectivity index (χ1n) is 7.47. The lowest BCUT2D eigenvalue weighted by molar-refractivity contribution is 0.0378. The van der Waals surface area contributed by atoms with Gasteiger partial charge >= 0.3 is 0 Å². The van der Waals surface area contributed by atoms with Crippen molar-refractivity contribution < 1.29 is 0 Å². The highest BCUT2D eigenvalue weighted by Crippen LogP contribution is 2.34. The molecule has 1 aliphatic rings. The lowest BCUT2D eigenvalue weighted by Crippen LogP contribution is -2.60. The van der Waals surface area contributed by atoms with E-state index in [4.69, 9.17) is 0 Å². The van der Waals surface area contributed by atoms with Gasteiger partial charge < -0.3 is 5.32 Å². The molecule has 1 fully saturated rings. The summed E-state index contributed by atoms with van der Waals surface area (Å²) >= 11 is 0. The maximum Gasteiger partial charge on any atom is 0.0332 e. The van der Waals surface area contributed by atoms with Crippen LogP contribution >= 0.6 is 0 Å². The van der Waals surface area contributed by atoms with E-state index >= 15 is 0 Å². The Bertz CT molecular complexity index is 227. The minimum absolute atomic E-state index is 0.307. The summed E-state index contributed by atoms with van der Waals surface area (Å²) in [7, 11) is 0. The van der Waals surface area contributed by atoms with Gasteiger partial charge in [-0.15, -0.1) is 0 Å². The molecule has 3 unspecified atom stereocenters. The molecule has 0 aliphatic carbocycles. The lowest BCUT2D eigenvalue weighted by Gasteiger charge is -2.47. The van der Waals surface area contributed by atoms with E-state index in [1.54, 1.807) is 0 Å². The Morgan fingerprint density at radius 1 is 1.29 bits per heavy atom. The second-order valence-electron chi connectivity index (χ2n) is 6.14. The van der Waals surface area contributed by atoms with Gasteiger partial charge in [-0.2, -0.15) is 0 Å². The summed E-state index contributed by atoms with van der Waals surface area (Å²) in [6, 6.07) is 1.35. The molecule has 0 bridgehead atoms. The van der Waals surface area contributed by atoms with Crippen molar-refractivity contribution in [3.8, 4) is 0 Å². The van der Waals surface area contributed by atoms with Crippen molar-refractivity contribution >= 4 is 0 Å². The standard InChI is InChI=1S/C15H32N2/c1-7-15(6,13(5)16-8-2)17-11-9-10-14(17)12(3)4/h12-14,16H,7-11H2,1-6H3. The van der Waals surface area contributed by atoms with Crippen molar-refractivity contribution in [2.24, 2.45) is 5.92 Å². The number of hydrogen-bond acceptors (Lipinski definition) is 2. The van der Waals surface area contributed by atoms with Gasteiger partial charge in [0.15, 0.2) is 0 Å². The number of nitrogens with zero attached hydrogens (tertiary/aromatic N) is 1. The van der Waals surface area contributed by atoms with Crippen LogP contribution in [0.25, 0.3) is 0 Å². The third-order valence-corrected chi connectivity index (χ3v) is 4.88. The molecule has 1 saturated heterocycles. The Hall–Kier alpha value is -0.0800. The van der Waals surface area contributed by atoms with Crippen molar-refractivity contribution in [1.82, 2.24) is 10.2 Å². The molecule has 0 saturated carbocycles. The minimum atomic E-state index is 0.307. The molecule has 3 atom stereocenters. The molecular weight excluding hydrogens is 208 g/mol. The molecule has 1 heterocycles. The summed E-state index contributed by atoms with van der Waals surface area (Å²) in [5.41, 5.74) is 0.307. The van der Waals surface area contributed by atoms with E-state index < -0.39 is 0 Å². The maximum atomic E-state index is 3.63. The third kappa shape index (κ3) is 3.03. The van der Waals surface area contributed by atoms with E-state index in [1.807, 2.05) is 0 Å². The van der Waals surface area contributed by atoms with Gasteiger partial charge in [0.2, 0.25) is 0 Å². The maximum absolute atomic E-state index is 3.63. The van der Waals surface area contributed by atoms with Crippen molar-refractivity contribution in [1.29, 1.82) is 0 Å². The largest absolute Gasteiger partial charge is 0.313 e. The summed E-state index contributed by atoms with van der Waals surface area (Å²) < 4.78 is 0. The van der Waals surface area contributed by atoms with Crippen LogP contribution in [-0.4, -0.2) is 35.6 Å². The highest BCUT2D eigenvalue weighted by atomic mass is 15.3. The highest BCUT2D eigenvalue weighted by Gasteiger charge is 2.42. The fraction of sp³-hybridized carbons (Fsp3) is 1.00. The van der Waals surface area contributed by atoms with E-state index in [-0.39, 0.29) is 0 Å². The molecule has 2 nitrogen and oxygen atoms in total. The monoisotopic (exact) mass is 240 g/mol. The van der Waals surface area contributed by atoms with Crippen LogP contribution in [-0.2, 0) is 0 Å². The number of nitrogens with one attached hydrogen (secondary N) is 1. The van der Waals surface area contributed by atoms with Crippen LogP contribution in [0.1, 0.15) is 60.8 Å². The van der Waals surface area contributed by atoms with Crippen LogP contribution in [0.5, 0.6) is 0 Å². The third-order valence-electron chi connectivity index (χ3n) is 4.88. The number of hydrogen-bond donors (Lipinski definition) is 1. The first-order chi connectivity index (χ1) is 7.97. The SMILES string of the molecule is CCNC(C)C(C)(CC)N1CCCC1C(C)C. The summed E-state index contributed by atoms with van der Waals surface area (Å²) in [5, 5.41) is 3.63. The van der Waals surface area contributed by atoms with Crippen LogP contribution in [0, 0.1) is 5.92 Å². The van der Waals surface area contributed by atoms with Gasteiger partial charge in [0.05, 0.1) is 0 Å². The van der Waals surface area contributed by atoms with E-state index in [2.05, 4.69) is 51.8 Å². The molecule has 0 amide bonds. The van der Waals surface area contributed by atoms with Crippen LogP contribution in [0.15, 0.2) is 0 Å². The zero-order chi connectivity index (χ0) is 13.1. The molecule has 102 valence electrons. The summed E-state index contributed by atoms with van der Waals surface area (Å²) in [6.07, 6.45) is 3.98. The van der Waals surface area contributed by atoms with Crippen molar-refractivity contribution in [2.75, 3.05) is 13.1 Å². The lowest BCUT2D eigenvalue weighted by atomic mass is 9.86. The molecule has 1 N–H and O–H groups in total. The quantitative estimate of drug-likeness (QED) is 0.766. The minimum Gasteiger partial charge on any atom is -0.313 e. The molecule has 0 radical (unpaired) electrons. The molecule has 17 heavy (non-hydrogen) atoms. The molecule has 1 rings (SSSR count). The van der Waals surface area contributed by atoms with E-state index in [0.717, 1.165) is 18.5 Å². The van der Waals surface area contributed by atoms with Crippen molar-refractivity contribution in [3.63, 3.8) is 0 Å². The van der Waals surface area contributed by atoms with Gasteiger partial charge in [0, 0.05) is 17.6 Å². The average Bonchev–Trinajstić information content (AvgIpc) is 2.77. The van der Waals surface area contributed by atoms with E-state index in [0.29, 0.717) is 11.6 Å². The Labute approximate surface area is 108 Å². The van der Waals surface area contributed by atoms with Gasteiger partial charge in [0.25, 0.3) is 0 Å².